The maximum Gasteiger partial charge on any atom is 0.234 e. The second-order valence-electron chi connectivity index (χ2n) is 7.20. The molecule has 1 unspecified atom stereocenters. The van der Waals surface area contributed by atoms with Crippen LogP contribution in [-0.2, 0) is 4.79 Å². The van der Waals surface area contributed by atoms with E-state index >= 15 is 0 Å². The molecule has 0 fully saturated rings. The Labute approximate surface area is 193 Å². The van der Waals surface area contributed by atoms with Gasteiger partial charge in [0.2, 0.25) is 12.5 Å². The fourth-order valence-corrected chi connectivity index (χ4v) is 4.07. The Morgan fingerprint density at radius 2 is 1.71 bits per heavy atom. The van der Waals surface area contributed by atoms with Crippen LogP contribution in [0.2, 0.25) is 0 Å². The minimum absolute atomic E-state index is 0.0924. The molecule has 4 rings (SSSR count). The predicted octanol–water partition coefficient (Wildman–Crippen LogP) is 5.62. The minimum Gasteiger partial charge on any atom is -0.354 e. The van der Waals surface area contributed by atoms with Gasteiger partial charge in [0, 0.05) is 21.5 Å². The number of carbonyl (C=O) groups excluding carboxylic acids is 1. The van der Waals surface area contributed by atoms with Gasteiger partial charge in [-0.15, -0.1) is 0 Å². The first kappa shape index (κ1) is 21.0. The molecule has 0 aliphatic rings. The first-order valence-electron chi connectivity index (χ1n) is 9.80. The van der Waals surface area contributed by atoms with Crippen molar-refractivity contribution in [2.24, 2.45) is 0 Å². The van der Waals surface area contributed by atoms with Crippen LogP contribution in [0.3, 0.4) is 0 Å². The molecule has 6 nitrogen and oxygen atoms in total. The van der Waals surface area contributed by atoms with E-state index in [1.165, 1.54) is 0 Å². The summed E-state index contributed by atoms with van der Waals surface area (Å²) in [6.07, 6.45) is 0. The summed E-state index contributed by atoms with van der Waals surface area (Å²) in [5, 5.41) is 15.4. The number of rotatable bonds is 7. The second-order valence-corrected chi connectivity index (χ2v) is 7.96. The lowest BCUT2D eigenvalue weighted by Crippen LogP contribution is -2.15. The van der Waals surface area contributed by atoms with E-state index in [0.29, 0.717) is 10.1 Å². The van der Waals surface area contributed by atoms with E-state index in [-0.39, 0.29) is 17.4 Å². The predicted molar refractivity (Wildman–Crippen MR) is 131 cm³/mol. The lowest BCUT2D eigenvalue weighted by molar-refractivity contribution is -0.481. The van der Waals surface area contributed by atoms with Crippen LogP contribution in [0, 0.1) is 10.1 Å². The van der Waals surface area contributed by atoms with Crippen LogP contribution in [0.25, 0.3) is 22.2 Å². The standard InChI is InChI=1S/C24H20IN3O3/c25-14-22(29)26-18-11-12-21-19(13-18)23(24(27-21)17-9-5-2-6-10-17)20(15-28(30)31)16-7-3-1-4-8-16/h1-13,20,27H,14-15H2,(H,26,29). The summed E-state index contributed by atoms with van der Waals surface area (Å²) in [5.74, 6) is -0.541. The van der Waals surface area contributed by atoms with Crippen LogP contribution >= 0.6 is 22.6 Å². The van der Waals surface area contributed by atoms with Gasteiger partial charge in [0.15, 0.2) is 0 Å². The highest BCUT2D eigenvalue weighted by molar-refractivity contribution is 14.1. The van der Waals surface area contributed by atoms with Gasteiger partial charge in [-0.25, -0.2) is 0 Å². The Balaban J connectivity index is 1.97. The molecule has 31 heavy (non-hydrogen) atoms. The van der Waals surface area contributed by atoms with Gasteiger partial charge in [0.25, 0.3) is 0 Å². The fraction of sp³-hybridized carbons (Fsp3) is 0.125. The lowest BCUT2D eigenvalue weighted by Gasteiger charge is -2.16. The molecule has 0 aliphatic carbocycles. The summed E-state index contributed by atoms with van der Waals surface area (Å²) in [6.45, 7) is -0.235. The SMILES string of the molecule is O=C(CI)Nc1ccc2[nH]c(-c3ccccc3)c(C(C[N+](=O)[O-])c3ccccc3)c2c1. The van der Waals surface area contributed by atoms with E-state index in [1.807, 2.05) is 101 Å². The van der Waals surface area contributed by atoms with Crippen LogP contribution in [0.4, 0.5) is 5.69 Å². The number of amides is 1. The number of aromatic nitrogens is 1. The van der Waals surface area contributed by atoms with Gasteiger partial charge in [0.05, 0.1) is 16.0 Å². The zero-order valence-electron chi connectivity index (χ0n) is 16.5. The average molecular weight is 525 g/mol. The van der Waals surface area contributed by atoms with Crippen molar-refractivity contribution < 1.29 is 9.72 Å². The summed E-state index contributed by atoms with van der Waals surface area (Å²) in [6, 6.07) is 25.0. The smallest absolute Gasteiger partial charge is 0.234 e. The molecule has 0 saturated heterocycles. The van der Waals surface area contributed by atoms with Gasteiger partial charge in [-0.2, -0.15) is 0 Å². The van der Waals surface area contributed by atoms with E-state index in [0.717, 1.165) is 33.3 Å². The van der Waals surface area contributed by atoms with Crippen LogP contribution < -0.4 is 5.32 Å². The Hall–Kier alpha value is -3.20. The molecule has 0 bridgehead atoms. The monoisotopic (exact) mass is 525 g/mol. The Kier molecular flexibility index (Phi) is 6.31. The maximum absolute atomic E-state index is 11.9. The first-order valence-corrected chi connectivity index (χ1v) is 11.3. The molecule has 1 heterocycles. The number of nitrogens with zero attached hydrogens (tertiary/aromatic N) is 1. The lowest BCUT2D eigenvalue weighted by atomic mass is 9.87. The highest BCUT2D eigenvalue weighted by Crippen LogP contribution is 2.39. The largest absolute Gasteiger partial charge is 0.354 e. The van der Waals surface area contributed by atoms with Crippen LogP contribution in [0.15, 0.2) is 78.9 Å². The highest BCUT2D eigenvalue weighted by Gasteiger charge is 2.27. The van der Waals surface area contributed by atoms with Crippen molar-refractivity contribution >= 4 is 45.1 Å². The van der Waals surface area contributed by atoms with Gasteiger partial charge in [-0.05, 0) is 34.9 Å². The zero-order chi connectivity index (χ0) is 21.8. The van der Waals surface area contributed by atoms with Gasteiger partial charge < -0.3 is 10.3 Å². The average Bonchev–Trinajstić information content (AvgIpc) is 3.17. The molecular weight excluding hydrogens is 505 g/mol. The van der Waals surface area contributed by atoms with Crippen molar-refractivity contribution in [3.05, 3.63) is 100 Å². The Morgan fingerprint density at radius 1 is 1.03 bits per heavy atom. The van der Waals surface area contributed by atoms with Crippen molar-refractivity contribution in [1.82, 2.24) is 4.98 Å². The van der Waals surface area contributed by atoms with Gasteiger partial charge in [-0.3, -0.25) is 14.9 Å². The number of nitrogens with one attached hydrogen (secondary N) is 2. The van der Waals surface area contributed by atoms with Crippen LogP contribution in [0.5, 0.6) is 0 Å². The molecule has 156 valence electrons. The maximum atomic E-state index is 11.9. The van der Waals surface area contributed by atoms with Crippen molar-refractivity contribution in [3.8, 4) is 11.3 Å². The number of H-pyrrole nitrogens is 1. The quantitative estimate of drug-likeness (QED) is 0.142. The third kappa shape index (κ3) is 4.61. The number of alkyl halides is 1. The molecule has 1 atom stereocenters. The van der Waals surface area contributed by atoms with Gasteiger partial charge in [-0.1, -0.05) is 83.3 Å². The molecule has 7 heteroatoms. The number of carbonyl (C=O) groups is 1. The Bertz CT molecular complexity index is 1220. The number of hydrogen-bond donors (Lipinski definition) is 2. The third-order valence-corrected chi connectivity index (χ3v) is 5.88. The van der Waals surface area contributed by atoms with Crippen molar-refractivity contribution in [3.63, 3.8) is 0 Å². The molecule has 0 radical (unpaired) electrons. The number of benzene rings is 3. The van der Waals surface area contributed by atoms with Crippen LogP contribution in [0.1, 0.15) is 17.0 Å². The summed E-state index contributed by atoms with van der Waals surface area (Å²) in [4.78, 5) is 26.8. The molecule has 0 aliphatic heterocycles. The van der Waals surface area contributed by atoms with Crippen molar-refractivity contribution in [2.75, 3.05) is 16.3 Å². The fourth-order valence-electron chi connectivity index (χ4n) is 3.88. The summed E-state index contributed by atoms with van der Waals surface area (Å²) in [7, 11) is 0. The molecular formula is C24H20IN3O3. The number of hydrogen-bond acceptors (Lipinski definition) is 3. The summed E-state index contributed by atoms with van der Waals surface area (Å²) in [5.41, 5.74) is 5.07. The van der Waals surface area contributed by atoms with E-state index in [2.05, 4.69) is 10.3 Å². The molecule has 3 aromatic carbocycles. The summed E-state index contributed by atoms with van der Waals surface area (Å²) >= 11 is 2.02. The van der Waals surface area contributed by atoms with E-state index < -0.39 is 5.92 Å². The molecule has 2 N–H and O–H groups in total. The molecule has 0 spiro atoms. The van der Waals surface area contributed by atoms with Crippen molar-refractivity contribution in [2.45, 2.75) is 5.92 Å². The number of anilines is 1. The zero-order valence-corrected chi connectivity index (χ0v) is 18.7. The molecule has 0 saturated carbocycles. The molecule has 1 aromatic heterocycles. The van der Waals surface area contributed by atoms with Crippen molar-refractivity contribution in [1.29, 1.82) is 0 Å². The highest BCUT2D eigenvalue weighted by atomic mass is 127. The van der Waals surface area contributed by atoms with Gasteiger partial charge in [0.1, 0.15) is 0 Å². The third-order valence-electron chi connectivity index (χ3n) is 5.19. The van der Waals surface area contributed by atoms with E-state index in [1.54, 1.807) is 0 Å². The number of halogens is 1. The number of aromatic amines is 1. The second kappa shape index (κ2) is 9.30. The molecule has 4 aromatic rings. The normalized spacial score (nSPS) is 11.9. The summed E-state index contributed by atoms with van der Waals surface area (Å²) < 4.78 is 0.346. The first-order chi connectivity index (χ1) is 15.1. The van der Waals surface area contributed by atoms with Crippen LogP contribution in [-0.4, -0.2) is 26.8 Å². The van der Waals surface area contributed by atoms with E-state index in [9.17, 15) is 14.9 Å². The minimum atomic E-state index is -0.448. The topological polar surface area (TPSA) is 88.0 Å². The van der Waals surface area contributed by atoms with Gasteiger partial charge >= 0.3 is 0 Å². The Morgan fingerprint density at radius 3 is 2.35 bits per heavy atom. The number of nitro groups is 1. The van der Waals surface area contributed by atoms with E-state index in [4.69, 9.17) is 0 Å². The molecule has 1 amide bonds. The number of fused-ring (bicyclic) bond motifs is 1.